The van der Waals surface area contributed by atoms with Crippen LogP contribution in [0.15, 0.2) is 42.7 Å². The fourth-order valence-corrected chi connectivity index (χ4v) is 2.12. The maximum atomic E-state index is 4.29. The third-order valence-corrected chi connectivity index (χ3v) is 2.97. The standard InChI is InChI=1S/C13H13N3/c1-2-5-12-10-16(9-6-11(12)4-1)13-14-7-3-8-15-13/h1-5,7-8H,6,9-10H2. The molecule has 0 aliphatic carbocycles. The van der Waals surface area contributed by atoms with Crippen molar-refractivity contribution in [1.29, 1.82) is 0 Å². The van der Waals surface area contributed by atoms with Crippen molar-refractivity contribution in [2.24, 2.45) is 0 Å². The van der Waals surface area contributed by atoms with Crippen molar-refractivity contribution in [1.82, 2.24) is 9.97 Å². The summed E-state index contributed by atoms with van der Waals surface area (Å²) in [6.07, 6.45) is 4.67. The van der Waals surface area contributed by atoms with Crippen molar-refractivity contribution >= 4 is 5.95 Å². The van der Waals surface area contributed by atoms with Crippen LogP contribution in [-0.2, 0) is 13.0 Å². The first-order valence-corrected chi connectivity index (χ1v) is 5.52. The van der Waals surface area contributed by atoms with Crippen LogP contribution < -0.4 is 4.90 Å². The number of rotatable bonds is 1. The summed E-state index contributed by atoms with van der Waals surface area (Å²) < 4.78 is 0. The molecule has 0 atom stereocenters. The lowest BCUT2D eigenvalue weighted by molar-refractivity contribution is 0.707. The van der Waals surface area contributed by atoms with Gasteiger partial charge in [-0.3, -0.25) is 0 Å². The Kier molecular flexibility index (Phi) is 2.29. The summed E-state index contributed by atoms with van der Waals surface area (Å²) in [6.45, 7) is 1.92. The van der Waals surface area contributed by atoms with Crippen molar-refractivity contribution in [2.45, 2.75) is 13.0 Å². The summed E-state index contributed by atoms with van der Waals surface area (Å²) in [6, 6.07) is 10.4. The monoisotopic (exact) mass is 211 g/mol. The molecule has 0 amide bonds. The van der Waals surface area contributed by atoms with Gasteiger partial charge in [0.1, 0.15) is 0 Å². The minimum atomic E-state index is 0.831. The van der Waals surface area contributed by atoms with E-state index in [0.29, 0.717) is 0 Å². The number of fused-ring (bicyclic) bond motifs is 1. The quantitative estimate of drug-likeness (QED) is 0.722. The van der Waals surface area contributed by atoms with Crippen LogP contribution in [-0.4, -0.2) is 16.5 Å². The van der Waals surface area contributed by atoms with Gasteiger partial charge in [-0.2, -0.15) is 0 Å². The minimum Gasteiger partial charge on any atom is -0.336 e. The second-order valence-electron chi connectivity index (χ2n) is 3.99. The highest BCUT2D eigenvalue weighted by molar-refractivity contribution is 5.39. The van der Waals surface area contributed by atoms with Gasteiger partial charge in [0, 0.05) is 25.5 Å². The maximum absolute atomic E-state index is 4.29. The van der Waals surface area contributed by atoms with Gasteiger partial charge in [-0.15, -0.1) is 0 Å². The molecule has 2 heterocycles. The second kappa shape index (κ2) is 3.93. The van der Waals surface area contributed by atoms with Crippen LogP contribution >= 0.6 is 0 Å². The van der Waals surface area contributed by atoms with Gasteiger partial charge in [0.15, 0.2) is 0 Å². The summed E-state index contributed by atoms with van der Waals surface area (Å²) in [7, 11) is 0. The average molecular weight is 211 g/mol. The number of nitrogens with zero attached hydrogens (tertiary/aromatic N) is 3. The van der Waals surface area contributed by atoms with E-state index in [9.17, 15) is 0 Å². The van der Waals surface area contributed by atoms with Crippen LogP contribution in [0, 0.1) is 0 Å². The zero-order chi connectivity index (χ0) is 10.8. The SMILES string of the molecule is c1cnc(N2CCc3ccccc3C2)nc1. The molecule has 2 aromatic rings. The summed E-state index contributed by atoms with van der Waals surface area (Å²) in [5.74, 6) is 0.831. The van der Waals surface area contributed by atoms with Crippen LogP contribution in [0.25, 0.3) is 0 Å². The number of anilines is 1. The van der Waals surface area contributed by atoms with Gasteiger partial charge in [0.2, 0.25) is 5.95 Å². The number of hydrogen-bond donors (Lipinski definition) is 0. The van der Waals surface area contributed by atoms with E-state index >= 15 is 0 Å². The Morgan fingerprint density at radius 2 is 1.69 bits per heavy atom. The molecule has 1 aromatic heterocycles. The van der Waals surface area contributed by atoms with E-state index in [-0.39, 0.29) is 0 Å². The van der Waals surface area contributed by atoms with Crippen LogP contribution in [0.2, 0.25) is 0 Å². The molecule has 1 aromatic carbocycles. The third-order valence-electron chi connectivity index (χ3n) is 2.97. The Labute approximate surface area is 94.8 Å². The molecular weight excluding hydrogens is 198 g/mol. The van der Waals surface area contributed by atoms with Gasteiger partial charge >= 0.3 is 0 Å². The number of hydrogen-bond acceptors (Lipinski definition) is 3. The fourth-order valence-electron chi connectivity index (χ4n) is 2.12. The first kappa shape index (κ1) is 9.33. The minimum absolute atomic E-state index is 0.831. The lowest BCUT2D eigenvalue weighted by atomic mass is 10.0. The Bertz CT molecular complexity index is 482. The Morgan fingerprint density at radius 1 is 0.938 bits per heavy atom. The molecule has 0 N–H and O–H groups in total. The zero-order valence-corrected chi connectivity index (χ0v) is 9.00. The van der Waals surface area contributed by atoms with Gasteiger partial charge in [0.05, 0.1) is 0 Å². The van der Waals surface area contributed by atoms with E-state index in [1.165, 1.54) is 11.1 Å². The van der Waals surface area contributed by atoms with Gasteiger partial charge < -0.3 is 4.90 Å². The van der Waals surface area contributed by atoms with E-state index < -0.39 is 0 Å². The van der Waals surface area contributed by atoms with Crippen LogP contribution in [0.5, 0.6) is 0 Å². The molecule has 0 spiro atoms. The molecule has 0 radical (unpaired) electrons. The highest BCUT2D eigenvalue weighted by Crippen LogP contribution is 2.20. The topological polar surface area (TPSA) is 29.0 Å². The van der Waals surface area contributed by atoms with Crippen LogP contribution in [0.3, 0.4) is 0 Å². The average Bonchev–Trinajstić information content (AvgIpc) is 2.39. The van der Waals surface area contributed by atoms with Crippen molar-refractivity contribution in [3.63, 3.8) is 0 Å². The first-order valence-electron chi connectivity index (χ1n) is 5.52. The molecule has 0 unspecified atom stereocenters. The summed E-state index contributed by atoms with van der Waals surface area (Å²) >= 11 is 0. The number of benzene rings is 1. The van der Waals surface area contributed by atoms with E-state index in [0.717, 1.165) is 25.5 Å². The van der Waals surface area contributed by atoms with E-state index in [2.05, 4.69) is 39.1 Å². The molecule has 3 heteroatoms. The van der Waals surface area contributed by atoms with Crippen LogP contribution in [0.4, 0.5) is 5.95 Å². The van der Waals surface area contributed by atoms with Crippen LogP contribution in [0.1, 0.15) is 11.1 Å². The van der Waals surface area contributed by atoms with E-state index in [4.69, 9.17) is 0 Å². The Morgan fingerprint density at radius 3 is 2.50 bits per heavy atom. The molecule has 3 nitrogen and oxygen atoms in total. The molecular formula is C13H13N3. The lowest BCUT2D eigenvalue weighted by Crippen LogP contribution is -2.31. The maximum Gasteiger partial charge on any atom is 0.225 e. The third kappa shape index (κ3) is 1.65. The Hall–Kier alpha value is -1.90. The molecule has 0 saturated heterocycles. The highest BCUT2D eigenvalue weighted by Gasteiger charge is 2.17. The van der Waals surface area contributed by atoms with Crippen molar-refractivity contribution in [2.75, 3.05) is 11.4 Å². The summed E-state index contributed by atoms with van der Waals surface area (Å²) in [4.78, 5) is 10.8. The molecule has 1 aliphatic heterocycles. The fraction of sp³-hybridized carbons (Fsp3) is 0.231. The molecule has 0 saturated carbocycles. The van der Waals surface area contributed by atoms with Crippen molar-refractivity contribution < 1.29 is 0 Å². The molecule has 80 valence electrons. The summed E-state index contributed by atoms with van der Waals surface area (Å²) in [5.41, 5.74) is 2.84. The smallest absolute Gasteiger partial charge is 0.225 e. The molecule has 1 aliphatic rings. The molecule has 3 rings (SSSR count). The number of aromatic nitrogens is 2. The predicted molar refractivity (Wildman–Crippen MR) is 63.2 cm³/mol. The van der Waals surface area contributed by atoms with Crippen molar-refractivity contribution in [3.05, 3.63) is 53.9 Å². The zero-order valence-electron chi connectivity index (χ0n) is 9.00. The Balaban J connectivity index is 1.89. The van der Waals surface area contributed by atoms with Gasteiger partial charge in [-0.05, 0) is 23.6 Å². The normalized spacial score (nSPS) is 14.6. The van der Waals surface area contributed by atoms with Gasteiger partial charge in [0.25, 0.3) is 0 Å². The predicted octanol–water partition coefficient (Wildman–Crippen LogP) is 2.04. The second-order valence-corrected chi connectivity index (χ2v) is 3.99. The van der Waals surface area contributed by atoms with Gasteiger partial charge in [-0.25, -0.2) is 9.97 Å². The van der Waals surface area contributed by atoms with E-state index in [1.54, 1.807) is 12.4 Å². The highest BCUT2D eigenvalue weighted by atomic mass is 15.2. The van der Waals surface area contributed by atoms with Gasteiger partial charge in [-0.1, -0.05) is 24.3 Å². The lowest BCUT2D eigenvalue weighted by Gasteiger charge is -2.28. The first-order chi connectivity index (χ1) is 7.93. The van der Waals surface area contributed by atoms with Crippen molar-refractivity contribution in [3.8, 4) is 0 Å². The van der Waals surface area contributed by atoms with E-state index in [1.807, 2.05) is 6.07 Å². The summed E-state index contributed by atoms with van der Waals surface area (Å²) in [5, 5.41) is 0. The molecule has 16 heavy (non-hydrogen) atoms. The molecule has 0 bridgehead atoms. The molecule has 0 fully saturated rings. The largest absolute Gasteiger partial charge is 0.336 e.